The number of nitrogens with zero attached hydrogens (tertiary/aromatic N) is 4. The van der Waals surface area contributed by atoms with Crippen molar-refractivity contribution in [3.05, 3.63) is 62.6 Å². The van der Waals surface area contributed by atoms with E-state index in [2.05, 4.69) is 54.2 Å². The average Bonchev–Trinajstić information content (AvgIpc) is 3.10. The molecule has 2 aromatic heterocycles. The molecule has 0 saturated heterocycles. The first kappa shape index (κ1) is 21.6. The molecule has 1 saturated carbocycles. The molecule has 3 aromatic rings. The molecular weight excluding hydrogens is 390 g/mol. The number of H-pyrrole nitrogens is 1. The number of nitrogens with one attached hydrogen (secondary N) is 1. The predicted octanol–water partition coefficient (Wildman–Crippen LogP) is 3.38. The van der Waals surface area contributed by atoms with Crippen LogP contribution in [-0.2, 0) is 20.1 Å². The van der Waals surface area contributed by atoms with E-state index >= 15 is 0 Å². The van der Waals surface area contributed by atoms with Crippen LogP contribution >= 0.6 is 0 Å². The van der Waals surface area contributed by atoms with Crippen molar-refractivity contribution in [2.45, 2.75) is 70.5 Å². The highest BCUT2D eigenvalue weighted by molar-refractivity contribution is 5.70. The molecule has 0 unspecified atom stereocenters. The standard InChI is InChI=1S/C24H33N5O2/c1-4-5-15-29-22-21(23(30)26-24(29)31)28(3)20(25-22)16-27(2)19-13-11-18(12-14-19)17-9-7-6-8-10-17/h6-10,18-19H,4-5,11-16H2,1-3H3,(H,26,30,31). The third kappa shape index (κ3) is 4.37. The number of hydrogen-bond donors (Lipinski definition) is 1. The molecule has 0 bridgehead atoms. The number of imidazole rings is 1. The van der Waals surface area contributed by atoms with Crippen LogP contribution in [-0.4, -0.2) is 37.1 Å². The van der Waals surface area contributed by atoms with E-state index in [1.54, 1.807) is 4.57 Å². The molecule has 0 radical (unpaired) electrons. The van der Waals surface area contributed by atoms with Crippen LogP contribution in [0.15, 0.2) is 39.9 Å². The summed E-state index contributed by atoms with van der Waals surface area (Å²) in [6, 6.07) is 11.3. The van der Waals surface area contributed by atoms with Crippen LogP contribution in [0.4, 0.5) is 0 Å². The summed E-state index contributed by atoms with van der Waals surface area (Å²) in [7, 11) is 4.01. The molecule has 2 heterocycles. The average molecular weight is 424 g/mol. The molecule has 1 fully saturated rings. The topological polar surface area (TPSA) is 75.9 Å². The number of hydrogen-bond acceptors (Lipinski definition) is 4. The molecule has 7 nitrogen and oxygen atoms in total. The Hall–Kier alpha value is -2.67. The van der Waals surface area contributed by atoms with Gasteiger partial charge < -0.3 is 4.57 Å². The van der Waals surface area contributed by atoms with Crippen molar-refractivity contribution in [1.82, 2.24) is 24.0 Å². The van der Waals surface area contributed by atoms with Crippen molar-refractivity contribution in [2.75, 3.05) is 7.05 Å². The second kappa shape index (κ2) is 9.22. The molecule has 0 spiro atoms. The van der Waals surface area contributed by atoms with Crippen LogP contribution in [0.5, 0.6) is 0 Å². The van der Waals surface area contributed by atoms with E-state index < -0.39 is 0 Å². The van der Waals surface area contributed by atoms with Crippen molar-refractivity contribution < 1.29 is 0 Å². The fourth-order valence-corrected chi connectivity index (χ4v) is 4.88. The monoisotopic (exact) mass is 423 g/mol. The van der Waals surface area contributed by atoms with Gasteiger partial charge >= 0.3 is 5.69 Å². The van der Waals surface area contributed by atoms with Crippen LogP contribution in [0.1, 0.15) is 62.8 Å². The Balaban J connectivity index is 1.51. The second-order valence-electron chi connectivity index (χ2n) is 8.85. The zero-order chi connectivity index (χ0) is 22.0. The smallest absolute Gasteiger partial charge is 0.324 e. The molecule has 0 atom stereocenters. The molecule has 1 N–H and O–H groups in total. The summed E-state index contributed by atoms with van der Waals surface area (Å²) in [5.74, 6) is 1.47. The van der Waals surface area contributed by atoms with E-state index in [-0.39, 0.29) is 11.2 Å². The summed E-state index contributed by atoms with van der Waals surface area (Å²) in [5.41, 5.74) is 1.69. The Labute approximate surface area is 182 Å². The van der Waals surface area contributed by atoms with E-state index in [9.17, 15) is 9.59 Å². The van der Waals surface area contributed by atoms with E-state index in [0.717, 1.165) is 31.5 Å². The highest BCUT2D eigenvalue weighted by atomic mass is 16.2. The fraction of sp³-hybridized carbons (Fsp3) is 0.542. The molecule has 1 aliphatic carbocycles. The fourth-order valence-electron chi connectivity index (χ4n) is 4.88. The van der Waals surface area contributed by atoms with Crippen LogP contribution < -0.4 is 11.2 Å². The first-order valence-electron chi connectivity index (χ1n) is 11.4. The maximum absolute atomic E-state index is 12.5. The van der Waals surface area contributed by atoms with Crippen LogP contribution in [0, 0.1) is 0 Å². The number of aromatic amines is 1. The normalized spacial score (nSPS) is 19.4. The van der Waals surface area contributed by atoms with Gasteiger partial charge in [-0.3, -0.25) is 19.2 Å². The summed E-state index contributed by atoms with van der Waals surface area (Å²) in [6.07, 6.45) is 6.54. The lowest BCUT2D eigenvalue weighted by molar-refractivity contribution is 0.171. The van der Waals surface area contributed by atoms with Gasteiger partial charge in [0.05, 0.1) is 6.54 Å². The first-order chi connectivity index (χ1) is 15.0. The highest BCUT2D eigenvalue weighted by Gasteiger charge is 2.26. The zero-order valence-electron chi connectivity index (χ0n) is 18.8. The molecular formula is C24H33N5O2. The number of benzene rings is 1. The Kier molecular flexibility index (Phi) is 6.41. The van der Waals surface area contributed by atoms with Crippen molar-refractivity contribution in [1.29, 1.82) is 0 Å². The minimum absolute atomic E-state index is 0.361. The largest absolute Gasteiger partial charge is 0.330 e. The summed E-state index contributed by atoms with van der Waals surface area (Å²) in [6.45, 7) is 3.31. The van der Waals surface area contributed by atoms with Crippen LogP contribution in [0.2, 0.25) is 0 Å². The maximum atomic E-state index is 12.5. The van der Waals surface area contributed by atoms with E-state index in [1.165, 1.54) is 18.4 Å². The van der Waals surface area contributed by atoms with Crippen LogP contribution in [0.3, 0.4) is 0 Å². The summed E-state index contributed by atoms with van der Waals surface area (Å²) in [4.78, 5) is 34.4. The van der Waals surface area contributed by atoms with Crippen molar-refractivity contribution >= 4 is 11.2 Å². The predicted molar refractivity (Wildman–Crippen MR) is 123 cm³/mol. The van der Waals surface area contributed by atoms with Crippen molar-refractivity contribution in [2.24, 2.45) is 7.05 Å². The van der Waals surface area contributed by atoms with Gasteiger partial charge in [0.2, 0.25) is 0 Å². The maximum Gasteiger partial charge on any atom is 0.330 e. The van der Waals surface area contributed by atoms with E-state index in [0.29, 0.717) is 36.2 Å². The van der Waals surface area contributed by atoms with E-state index in [4.69, 9.17) is 4.98 Å². The Morgan fingerprint density at radius 3 is 2.52 bits per heavy atom. The summed E-state index contributed by atoms with van der Waals surface area (Å²) < 4.78 is 3.46. The quantitative estimate of drug-likeness (QED) is 0.632. The number of aryl methyl sites for hydroxylation is 2. The molecule has 7 heteroatoms. The second-order valence-corrected chi connectivity index (χ2v) is 8.85. The molecule has 0 aliphatic heterocycles. The molecule has 166 valence electrons. The van der Waals surface area contributed by atoms with Gasteiger partial charge in [0.25, 0.3) is 5.56 Å². The summed E-state index contributed by atoms with van der Waals surface area (Å²) in [5, 5.41) is 0. The minimum atomic E-state index is -0.372. The van der Waals surface area contributed by atoms with Gasteiger partial charge in [-0.2, -0.15) is 0 Å². The SMILES string of the molecule is CCCCn1c(=O)[nH]c(=O)c2c1nc(CN(C)C1CCC(c3ccccc3)CC1)n2C. The van der Waals surface area contributed by atoms with Gasteiger partial charge in [-0.05, 0) is 50.6 Å². The number of aromatic nitrogens is 4. The molecule has 1 aliphatic rings. The van der Waals surface area contributed by atoms with Crippen molar-refractivity contribution in [3.63, 3.8) is 0 Å². The van der Waals surface area contributed by atoms with Gasteiger partial charge in [0, 0.05) is 19.6 Å². The van der Waals surface area contributed by atoms with Gasteiger partial charge in [0.15, 0.2) is 11.2 Å². The van der Waals surface area contributed by atoms with Gasteiger partial charge in [0.1, 0.15) is 5.82 Å². The van der Waals surface area contributed by atoms with E-state index in [1.807, 2.05) is 11.6 Å². The zero-order valence-corrected chi connectivity index (χ0v) is 18.8. The van der Waals surface area contributed by atoms with Gasteiger partial charge in [-0.25, -0.2) is 9.78 Å². The Morgan fingerprint density at radius 1 is 1.13 bits per heavy atom. The van der Waals surface area contributed by atoms with Crippen molar-refractivity contribution in [3.8, 4) is 0 Å². The lowest BCUT2D eigenvalue weighted by Gasteiger charge is -2.34. The molecule has 31 heavy (non-hydrogen) atoms. The molecule has 0 amide bonds. The third-order valence-corrected chi connectivity index (χ3v) is 6.82. The lowest BCUT2D eigenvalue weighted by Crippen LogP contribution is -2.35. The van der Waals surface area contributed by atoms with Gasteiger partial charge in [-0.1, -0.05) is 43.7 Å². The van der Waals surface area contributed by atoms with Gasteiger partial charge in [-0.15, -0.1) is 0 Å². The molecule has 4 rings (SSSR count). The highest BCUT2D eigenvalue weighted by Crippen LogP contribution is 2.34. The number of unbranched alkanes of at least 4 members (excludes halogenated alkanes) is 1. The summed E-state index contributed by atoms with van der Waals surface area (Å²) >= 11 is 0. The third-order valence-electron chi connectivity index (χ3n) is 6.82. The Morgan fingerprint density at radius 2 is 1.84 bits per heavy atom. The first-order valence-corrected chi connectivity index (χ1v) is 11.4. The minimum Gasteiger partial charge on any atom is -0.324 e. The number of fused-ring (bicyclic) bond motifs is 1. The molecule has 1 aromatic carbocycles. The number of rotatable bonds is 7. The Bertz CT molecular complexity index is 1140. The lowest BCUT2D eigenvalue weighted by atomic mass is 9.81. The van der Waals surface area contributed by atoms with Crippen LogP contribution in [0.25, 0.3) is 11.2 Å².